The van der Waals surface area contributed by atoms with Crippen LogP contribution in [0.3, 0.4) is 0 Å². The van der Waals surface area contributed by atoms with Gasteiger partial charge in [0.15, 0.2) is 0 Å². The molecule has 0 amide bonds. The van der Waals surface area contributed by atoms with Crippen molar-refractivity contribution in [2.75, 3.05) is 18.0 Å². The third-order valence-corrected chi connectivity index (χ3v) is 4.14. The van der Waals surface area contributed by atoms with Gasteiger partial charge in [0.1, 0.15) is 18.4 Å². The SMILES string of the molecule is CC(C)c1ccc2c(c1)N(CC(=O)O)CC(c1ccccc1)O2. The molecule has 0 aromatic heterocycles. The zero-order chi connectivity index (χ0) is 16.4. The van der Waals surface area contributed by atoms with Crippen LogP contribution in [-0.4, -0.2) is 24.2 Å². The smallest absolute Gasteiger partial charge is 0.323 e. The molecule has 0 radical (unpaired) electrons. The Hall–Kier alpha value is -2.49. The second-order valence-electron chi connectivity index (χ2n) is 6.17. The zero-order valence-electron chi connectivity index (χ0n) is 13.4. The molecule has 120 valence electrons. The van der Waals surface area contributed by atoms with Crippen molar-refractivity contribution in [3.63, 3.8) is 0 Å². The van der Waals surface area contributed by atoms with Crippen molar-refractivity contribution in [1.82, 2.24) is 0 Å². The molecule has 0 saturated heterocycles. The second kappa shape index (κ2) is 6.32. The quantitative estimate of drug-likeness (QED) is 0.932. The highest BCUT2D eigenvalue weighted by molar-refractivity contribution is 5.76. The van der Waals surface area contributed by atoms with Crippen molar-refractivity contribution in [1.29, 1.82) is 0 Å². The van der Waals surface area contributed by atoms with Gasteiger partial charge < -0.3 is 14.7 Å². The van der Waals surface area contributed by atoms with Gasteiger partial charge in [-0.2, -0.15) is 0 Å². The van der Waals surface area contributed by atoms with Gasteiger partial charge in [0.2, 0.25) is 0 Å². The molecule has 2 aromatic rings. The van der Waals surface area contributed by atoms with Crippen LogP contribution >= 0.6 is 0 Å². The fraction of sp³-hybridized carbons (Fsp3) is 0.316. The summed E-state index contributed by atoms with van der Waals surface area (Å²) in [6.45, 7) is 4.76. The minimum Gasteiger partial charge on any atom is -0.482 e. The first-order valence-electron chi connectivity index (χ1n) is 7.87. The van der Waals surface area contributed by atoms with Crippen LogP contribution < -0.4 is 9.64 Å². The molecule has 0 fully saturated rings. The molecule has 1 atom stereocenters. The Morgan fingerprint density at radius 3 is 2.65 bits per heavy atom. The van der Waals surface area contributed by atoms with Crippen molar-refractivity contribution in [2.24, 2.45) is 0 Å². The van der Waals surface area contributed by atoms with E-state index in [1.807, 2.05) is 47.4 Å². The third-order valence-electron chi connectivity index (χ3n) is 4.14. The van der Waals surface area contributed by atoms with E-state index in [2.05, 4.69) is 19.9 Å². The number of anilines is 1. The van der Waals surface area contributed by atoms with Gasteiger partial charge in [0.25, 0.3) is 0 Å². The van der Waals surface area contributed by atoms with Crippen molar-refractivity contribution < 1.29 is 14.6 Å². The number of carbonyl (C=O) groups is 1. The molecule has 0 bridgehead atoms. The summed E-state index contributed by atoms with van der Waals surface area (Å²) in [4.78, 5) is 13.2. The lowest BCUT2D eigenvalue weighted by atomic mass is 10.00. The highest BCUT2D eigenvalue weighted by Crippen LogP contribution is 2.39. The van der Waals surface area contributed by atoms with Gasteiger partial charge >= 0.3 is 5.97 Å². The summed E-state index contributed by atoms with van der Waals surface area (Å²) in [7, 11) is 0. The molecule has 1 aliphatic rings. The number of carboxylic acid groups (broad SMARTS) is 1. The van der Waals surface area contributed by atoms with E-state index in [9.17, 15) is 9.90 Å². The first-order chi connectivity index (χ1) is 11.0. The lowest BCUT2D eigenvalue weighted by Crippen LogP contribution is -2.38. The molecule has 1 aliphatic heterocycles. The normalized spacial score (nSPS) is 16.8. The van der Waals surface area contributed by atoms with Crippen LogP contribution in [0.25, 0.3) is 0 Å². The number of hydrogen-bond donors (Lipinski definition) is 1. The van der Waals surface area contributed by atoms with Crippen molar-refractivity contribution in [3.05, 3.63) is 59.7 Å². The molecular weight excluding hydrogens is 290 g/mol. The fourth-order valence-corrected chi connectivity index (χ4v) is 2.88. The summed E-state index contributed by atoms with van der Waals surface area (Å²) in [5, 5.41) is 9.24. The van der Waals surface area contributed by atoms with Gasteiger partial charge in [-0.25, -0.2) is 0 Å². The summed E-state index contributed by atoms with van der Waals surface area (Å²) in [6.07, 6.45) is -0.159. The number of hydrogen-bond acceptors (Lipinski definition) is 3. The zero-order valence-corrected chi connectivity index (χ0v) is 13.4. The molecule has 0 spiro atoms. The summed E-state index contributed by atoms with van der Waals surface area (Å²) in [6, 6.07) is 16.0. The molecular formula is C19H21NO3. The lowest BCUT2D eigenvalue weighted by molar-refractivity contribution is -0.135. The monoisotopic (exact) mass is 311 g/mol. The Labute approximate surface area is 136 Å². The molecule has 1 N–H and O–H groups in total. The van der Waals surface area contributed by atoms with Crippen LogP contribution in [0.15, 0.2) is 48.5 Å². The van der Waals surface area contributed by atoms with Crippen molar-refractivity contribution in [2.45, 2.75) is 25.9 Å². The Kier molecular flexibility index (Phi) is 4.24. The van der Waals surface area contributed by atoms with Gasteiger partial charge in [-0.3, -0.25) is 4.79 Å². The molecule has 2 aromatic carbocycles. The van der Waals surface area contributed by atoms with E-state index in [4.69, 9.17) is 4.74 Å². The van der Waals surface area contributed by atoms with Crippen LogP contribution in [0.4, 0.5) is 5.69 Å². The number of ether oxygens (including phenoxy) is 1. The first kappa shape index (κ1) is 15.4. The Morgan fingerprint density at radius 2 is 2.00 bits per heavy atom. The highest BCUT2D eigenvalue weighted by Gasteiger charge is 2.28. The van der Waals surface area contributed by atoms with E-state index >= 15 is 0 Å². The van der Waals surface area contributed by atoms with E-state index < -0.39 is 5.97 Å². The average Bonchev–Trinajstić information content (AvgIpc) is 2.54. The largest absolute Gasteiger partial charge is 0.482 e. The molecule has 1 heterocycles. The topological polar surface area (TPSA) is 49.8 Å². The molecule has 1 unspecified atom stereocenters. The standard InChI is InChI=1S/C19H21NO3/c1-13(2)15-8-9-17-16(10-15)20(12-19(21)22)11-18(23-17)14-6-4-3-5-7-14/h3-10,13,18H,11-12H2,1-2H3,(H,21,22). The number of fused-ring (bicyclic) bond motifs is 1. The van der Waals surface area contributed by atoms with Gasteiger partial charge in [-0.15, -0.1) is 0 Å². The van der Waals surface area contributed by atoms with E-state index in [1.54, 1.807) is 0 Å². The summed E-state index contributed by atoms with van der Waals surface area (Å²) in [5.41, 5.74) is 3.10. The number of rotatable bonds is 4. The Bertz CT molecular complexity index is 697. The number of nitrogens with zero attached hydrogens (tertiary/aromatic N) is 1. The van der Waals surface area contributed by atoms with E-state index in [1.165, 1.54) is 5.56 Å². The number of aliphatic carboxylic acids is 1. The lowest BCUT2D eigenvalue weighted by Gasteiger charge is -2.36. The van der Waals surface area contributed by atoms with Crippen molar-refractivity contribution in [3.8, 4) is 5.75 Å². The van der Waals surface area contributed by atoms with Gasteiger partial charge in [-0.05, 0) is 29.2 Å². The van der Waals surface area contributed by atoms with Crippen molar-refractivity contribution >= 4 is 11.7 Å². The van der Waals surface area contributed by atoms with Gasteiger partial charge in [0, 0.05) is 0 Å². The van der Waals surface area contributed by atoms with Crippen LogP contribution in [0, 0.1) is 0 Å². The van der Waals surface area contributed by atoms with Crippen LogP contribution in [-0.2, 0) is 4.79 Å². The Balaban J connectivity index is 1.97. The predicted molar refractivity (Wildman–Crippen MR) is 90.2 cm³/mol. The highest BCUT2D eigenvalue weighted by atomic mass is 16.5. The summed E-state index contributed by atoms with van der Waals surface area (Å²) < 4.78 is 6.13. The second-order valence-corrected chi connectivity index (χ2v) is 6.17. The van der Waals surface area contributed by atoms with Gasteiger partial charge in [0.05, 0.1) is 12.2 Å². The van der Waals surface area contributed by atoms with Crippen LogP contribution in [0.2, 0.25) is 0 Å². The number of carboxylic acids is 1. The van der Waals surface area contributed by atoms with Crippen LogP contribution in [0.1, 0.15) is 37.0 Å². The summed E-state index contributed by atoms with van der Waals surface area (Å²) in [5.74, 6) is 0.300. The summed E-state index contributed by atoms with van der Waals surface area (Å²) >= 11 is 0. The molecule has 0 aliphatic carbocycles. The first-order valence-corrected chi connectivity index (χ1v) is 7.87. The Morgan fingerprint density at radius 1 is 1.26 bits per heavy atom. The third kappa shape index (κ3) is 3.31. The fourth-order valence-electron chi connectivity index (χ4n) is 2.88. The predicted octanol–water partition coefficient (Wildman–Crippen LogP) is 3.83. The number of benzene rings is 2. The van der Waals surface area contributed by atoms with Crippen LogP contribution in [0.5, 0.6) is 5.75 Å². The molecule has 0 saturated carbocycles. The van der Waals surface area contributed by atoms with Gasteiger partial charge in [-0.1, -0.05) is 50.2 Å². The van der Waals surface area contributed by atoms with E-state index in [0.29, 0.717) is 12.5 Å². The van der Waals surface area contributed by atoms with E-state index in [0.717, 1.165) is 17.0 Å². The minimum atomic E-state index is -0.834. The average molecular weight is 311 g/mol. The maximum Gasteiger partial charge on any atom is 0.323 e. The minimum absolute atomic E-state index is 0.0265. The maximum atomic E-state index is 11.3. The maximum absolute atomic E-state index is 11.3. The molecule has 3 rings (SSSR count). The molecule has 23 heavy (non-hydrogen) atoms. The molecule has 4 heteroatoms. The van der Waals surface area contributed by atoms with E-state index in [-0.39, 0.29) is 12.6 Å². The molecule has 4 nitrogen and oxygen atoms in total.